The minimum atomic E-state index is -0.0416. The molecule has 1 aromatic rings. The smallest absolute Gasteiger partial charge is 0.191 e. The number of hydrogen-bond acceptors (Lipinski definition) is 3. The van der Waals surface area contributed by atoms with Crippen LogP contribution in [0.3, 0.4) is 0 Å². The number of aliphatic imine (C=N–C) groups is 1. The highest BCUT2D eigenvalue weighted by Gasteiger charge is 2.34. The molecule has 2 aliphatic heterocycles. The van der Waals surface area contributed by atoms with Gasteiger partial charge in [-0.3, -0.25) is 4.99 Å². The highest BCUT2D eigenvalue weighted by molar-refractivity contribution is 14.0. The molecule has 0 atom stereocenters. The van der Waals surface area contributed by atoms with Gasteiger partial charge < -0.3 is 20.1 Å². The molecule has 0 amide bonds. The molecule has 2 aliphatic rings. The Labute approximate surface area is 165 Å². The third-order valence-corrected chi connectivity index (χ3v) is 5.00. The molecular formula is C17H25ClIN3O2. The number of guanidine groups is 1. The number of nitrogens with two attached hydrogens (primary N) is 1. The van der Waals surface area contributed by atoms with Crippen LogP contribution in [-0.2, 0) is 14.9 Å². The van der Waals surface area contributed by atoms with Crippen molar-refractivity contribution in [1.29, 1.82) is 0 Å². The Bertz CT molecular complexity index is 559. The minimum absolute atomic E-state index is 0. The molecule has 2 fully saturated rings. The first-order valence-corrected chi connectivity index (χ1v) is 8.54. The van der Waals surface area contributed by atoms with Gasteiger partial charge in [0.05, 0.1) is 19.8 Å². The maximum atomic E-state index is 6.20. The molecule has 0 spiro atoms. The van der Waals surface area contributed by atoms with Gasteiger partial charge in [-0.1, -0.05) is 23.7 Å². The van der Waals surface area contributed by atoms with Crippen LogP contribution in [0.1, 0.15) is 18.4 Å². The predicted molar refractivity (Wildman–Crippen MR) is 107 cm³/mol. The summed E-state index contributed by atoms with van der Waals surface area (Å²) in [6.07, 6.45) is 1.88. The first-order valence-electron chi connectivity index (χ1n) is 8.16. The van der Waals surface area contributed by atoms with E-state index in [4.69, 9.17) is 31.8 Å². The Balaban J connectivity index is 0.00000208. The van der Waals surface area contributed by atoms with Crippen LogP contribution < -0.4 is 5.73 Å². The molecule has 134 valence electrons. The van der Waals surface area contributed by atoms with Crippen LogP contribution in [0, 0.1) is 0 Å². The van der Waals surface area contributed by atoms with Crippen LogP contribution in [0.4, 0.5) is 0 Å². The van der Waals surface area contributed by atoms with Gasteiger partial charge in [0.2, 0.25) is 0 Å². The molecule has 2 heterocycles. The number of rotatable bonds is 3. The van der Waals surface area contributed by atoms with E-state index in [1.165, 1.54) is 5.56 Å². The van der Waals surface area contributed by atoms with E-state index in [-0.39, 0.29) is 29.4 Å². The molecule has 5 nitrogen and oxygen atoms in total. The fourth-order valence-electron chi connectivity index (χ4n) is 3.24. The first-order chi connectivity index (χ1) is 11.2. The molecule has 0 saturated carbocycles. The summed E-state index contributed by atoms with van der Waals surface area (Å²) in [4.78, 5) is 6.81. The number of hydrogen-bond donors (Lipinski definition) is 1. The Morgan fingerprint density at radius 3 is 2.50 bits per heavy atom. The van der Waals surface area contributed by atoms with E-state index in [2.05, 4.69) is 11.0 Å². The van der Waals surface area contributed by atoms with Crippen molar-refractivity contribution < 1.29 is 9.47 Å². The van der Waals surface area contributed by atoms with E-state index in [0.717, 1.165) is 44.2 Å². The summed E-state index contributed by atoms with van der Waals surface area (Å²) in [6.45, 7) is 5.21. The molecule has 0 bridgehead atoms. The number of halogens is 2. The summed E-state index contributed by atoms with van der Waals surface area (Å²) in [7, 11) is 0. The number of ether oxygens (including phenoxy) is 2. The standard InChI is InChI=1S/C17H24ClN3O2.HI/c18-15-3-1-2-14(12-15)17(4-8-22-9-5-17)13-20-16(19)21-6-10-23-11-7-21;/h1-3,12H,4-11,13H2,(H2,19,20);1H. The van der Waals surface area contributed by atoms with Crippen LogP contribution in [-0.4, -0.2) is 56.9 Å². The molecule has 1 aromatic carbocycles. The fraction of sp³-hybridized carbons (Fsp3) is 0.588. The van der Waals surface area contributed by atoms with E-state index in [1.54, 1.807) is 0 Å². The molecule has 2 N–H and O–H groups in total. The second kappa shape index (κ2) is 9.22. The topological polar surface area (TPSA) is 60.1 Å². The summed E-state index contributed by atoms with van der Waals surface area (Å²) in [5, 5.41) is 0.762. The first kappa shape index (κ1) is 19.8. The Morgan fingerprint density at radius 2 is 1.83 bits per heavy atom. The van der Waals surface area contributed by atoms with Gasteiger partial charge in [-0.05, 0) is 30.5 Å². The van der Waals surface area contributed by atoms with Crippen molar-refractivity contribution >= 4 is 41.5 Å². The lowest BCUT2D eigenvalue weighted by Crippen LogP contribution is -2.46. The summed E-state index contributed by atoms with van der Waals surface area (Å²) in [5.74, 6) is 0.612. The van der Waals surface area contributed by atoms with Gasteiger partial charge in [0.25, 0.3) is 0 Å². The minimum Gasteiger partial charge on any atom is -0.381 e. The van der Waals surface area contributed by atoms with E-state index < -0.39 is 0 Å². The quantitative estimate of drug-likeness (QED) is 0.424. The zero-order valence-electron chi connectivity index (χ0n) is 13.7. The van der Waals surface area contributed by atoms with Crippen LogP contribution in [0.15, 0.2) is 29.3 Å². The summed E-state index contributed by atoms with van der Waals surface area (Å²) in [6, 6.07) is 8.10. The average Bonchev–Trinajstić information content (AvgIpc) is 2.61. The zero-order chi connectivity index (χ0) is 16.1. The van der Waals surface area contributed by atoms with Gasteiger partial charge in [-0.25, -0.2) is 0 Å². The van der Waals surface area contributed by atoms with Gasteiger partial charge in [-0.15, -0.1) is 24.0 Å². The number of nitrogens with zero attached hydrogens (tertiary/aromatic N) is 2. The van der Waals surface area contributed by atoms with Crippen molar-refractivity contribution in [3.63, 3.8) is 0 Å². The molecule has 24 heavy (non-hydrogen) atoms. The molecule has 7 heteroatoms. The average molecular weight is 466 g/mol. The van der Waals surface area contributed by atoms with Crippen molar-refractivity contribution in [1.82, 2.24) is 4.90 Å². The zero-order valence-corrected chi connectivity index (χ0v) is 16.8. The van der Waals surface area contributed by atoms with Crippen molar-refractivity contribution in [2.24, 2.45) is 10.7 Å². The normalized spacial score (nSPS) is 21.2. The van der Waals surface area contributed by atoms with Crippen LogP contribution in [0.2, 0.25) is 5.02 Å². The molecule has 0 aliphatic carbocycles. The second-order valence-electron chi connectivity index (χ2n) is 6.18. The molecule has 0 unspecified atom stereocenters. The van der Waals surface area contributed by atoms with E-state index >= 15 is 0 Å². The summed E-state index contributed by atoms with van der Waals surface area (Å²) < 4.78 is 10.9. The SMILES string of the molecule is I.NC(=NCC1(c2cccc(Cl)c2)CCOCC1)N1CCOCC1. The lowest BCUT2D eigenvalue weighted by Gasteiger charge is -2.37. The third-order valence-electron chi connectivity index (χ3n) is 4.77. The Hall–Kier alpha value is -0.570. The van der Waals surface area contributed by atoms with Crippen molar-refractivity contribution in [3.05, 3.63) is 34.9 Å². The van der Waals surface area contributed by atoms with Crippen molar-refractivity contribution in [3.8, 4) is 0 Å². The number of morpholine rings is 1. The fourth-order valence-corrected chi connectivity index (χ4v) is 3.43. The maximum Gasteiger partial charge on any atom is 0.191 e. The van der Waals surface area contributed by atoms with Crippen molar-refractivity contribution in [2.45, 2.75) is 18.3 Å². The van der Waals surface area contributed by atoms with Gasteiger partial charge in [0, 0.05) is 36.7 Å². The van der Waals surface area contributed by atoms with Gasteiger partial charge in [0.1, 0.15) is 0 Å². The Kier molecular flexibility index (Phi) is 7.59. The van der Waals surface area contributed by atoms with E-state index in [9.17, 15) is 0 Å². The molecule has 0 aromatic heterocycles. The lowest BCUT2D eigenvalue weighted by molar-refractivity contribution is 0.0524. The molecular weight excluding hydrogens is 441 g/mol. The monoisotopic (exact) mass is 465 g/mol. The van der Waals surface area contributed by atoms with Gasteiger partial charge >= 0.3 is 0 Å². The highest BCUT2D eigenvalue weighted by Crippen LogP contribution is 2.36. The largest absolute Gasteiger partial charge is 0.381 e. The highest BCUT2D eigenvalue weighted by atomic mass is 127. The summed E-state index contributed by atoms with van der Waals surface area (Å²) >= 11 is 6.20. The Morgan fingerprint density at radius 1 is 1.17 bits per heavy atom. The molecule has 0 radical (unpaired) electrons. The second-order valence-corrected chi connectivity index (χ2v) is 6.61. The maximum absolute atomic E-state index is 6.20. The lowest BCUT2D eigenvalue weighted by atomic mass is 9.74. The molecule has 3 rings (SSSR count). The van der Waals surface area contributed by atoms with Crippen LogP contribution >= 0.6 is 35.6 Å². The van der Waals surface area contributed by atoms with Crippen molar-refractivity contribution in [2.75, 3.05) is 46.1 Å². The predicted octanol–water partition coefficient (Wildman–Crippen LogP) is 2.65. The van der Waals surface area contributed by atoms with Crippen LogP contribution in [0.25, 0.3) is 0 Å². The number of benzene rings is 1. The van der Waals surface area contributed by atoms with E-state index in [0.29, 0.717) is 25.7 Å². The molecule has 2 saturated heterocycles. The van der Waals surface area contributed by atoms with Crippen LogP contribution in [0.5, 0.6) is 0 Å². The van der Waals surface area contributed by atoms with E-state index in [1.807, 2.05) is 18.2 Å². The third kappa shape index (κ3) is 4.74. The van der Waals surface area contributed by atoms with Gasteiger partial charge in [-0.2, -0.15) is 0 Å². The van der Waals surface area contributed by atoms with Gasteiger partial charge in [0.15, 0.2) is 5.96 Å². The summed E-state index contributed by atoms with van der Waals surface area (Å²) in [5.41, 5.74) is 7.38.